The Balaban J connectivity index is 2.25. The number of hydrogen-bond donors (Lipinski definition) is 3. The second-order valence-corrected chi connectivity index (χ2v) is 7.37. The van der Waals surface area contributed by atoms with Gasteiger partial charge >= 0.3 is 0 Å². The summed E-state index contributed by atoms with van der Waals surface area (Å²) in [5.74, 6) is 5.65. The van der Waals surface area contributed by atoms with E-state index in [0.717, 1.165) is 25.9 Å². The number of anilines is 1. The van der Waals surface area contributed by atoms with E-state index in [1.807, 2.05) is 24.3 Å². The molecule has 6 heteroatoms. The lowest BCUT2D eigenvalue weighted by Gasteiger charge is -2.18. The Hall–Kier alpha value is -0.400. The van der Waals surface area contributed by atoms with Crippen LogP contribution in [-0.4, -0.2) is 0 Å². The molecule has 0 radical (unpaired) electrons. The van der Waals surface area contributed by atoms with Gasteiger partial charge in [-0.1, -0.05) is 15.9 Å². The first kappa shape index (κ1) is 14.0. The number of thiophene rings is 1. The van der Waals surface area contributed by atoms with E-state index in [4.69, 9.17) is 11.6 Å². The Labute approximate surface area is 127 Å². The lowest BCUT2D eigenvalue weighted by Crippen LogP contribution is -2.30. The van der Waals surface area contributed by atoms with Crippen molar-refractivity contribution < 1.29 is 0 Å². The van der Waals surface area contributed by atoms with Crippen LogP contribution >= 0.6 is 43.2 Å². The number of hydrogen-bond acceptors (Lipinski definition) is 4. The SMILES string of the molecule is NNC(Cc1ccc(Br)s1)c1cc(Br)ccc1N. The van der Waals surface area contributed by atoms with Crippen molar-refractivity contribution in [2.24, 2.45) is 5.84 Å². The third-order valence-electron chi connectivity index (χ3n) is 2.66. The van der Waals surface area contributed by atoms with Gasteiger partial charge in [-0.25, -0.2) is 0 Å². The second-order valence-electron chi connectivity index (χ2n) is 3.90. The molecule has 2 aromatic rings. The molecule has 0 aliphatic rings. The highest BCUT2D eigenvalue weighted by molar-refractivity contribution is 9.11. The zero-order chi connectivity index (χ0) is 13.1. The van der Waals surface area contributed by atoms with Crippen LogP contribution in [0.5, 0.6) is 0 Å². The van der Waals surface area contributed by atoms with E-state index in [9.17, 15) is 0 Å². The van der Waals surface area contributed by atoms with E-state index in [2.05, 4.69) is 43.4 Å². The van der Waals surface area contributed by atoms with Crippen LogP contribution in [0.4, 0.5) is 5.69 Å². The highest BCUT2D eigenvalue weighted by atomic mass is 79.9. The van der Waals surface area contributed by atoms with Gasteiger partial charge in [-0.2, -0.15) is 0 Å². The number of benzene rings is 1. The molecule has 5 N–H and O–H groups in total. The van der Waals surface area contributed by atoms with E-state index in [0.29, 0.717) is 0 Å². The van der Waals surface area contributed by atoms with Crippen LogP contribution in [0.25, 0.3) is 0 Å². The maximum absolute atomic E-state index is 6.00. The minimum Gasteiger partial charge on any atom is -0.398 e. The van der Waals surface area contributed by atoms with E-state index in [-0.39, 0.29) is 6.04 Å². The van der Waals surface area contributed by atoms with Gasteiger partial charge < -0.3 is 5.73 Å². The molecule has 18 heavy (non-hydrogen) atoms. The summed E-state index contributed by atoms with van der Waals surface area (Å²) < 4.78 is 2.12. The minimum absolute atomic E-state index is 0.00745. The van der Waals surface area contributed by atoms with Gasteiger partial charge in [0.05, 0.1) is 9.83 Å². The largest absolute Gasteiger partial charge is 0.398 e. The Bertz CT molecular complexity index is 542. The van der Waals surface area contributed by atoms with Gasteiger partial charge in [0, 0.05) is 21.5 Å². The molecule has 0 saturated carbocycles. The summed E-state index contributed by atoms with van der Waals surface area (Å²) in [7, 11) is 0. The first-order chi connectivity index (χ1) is 8.60. The van der Waals surface area contributed by atoms with Crippen molar-refractivity contribution in [1.82, 2.24) is 5.43 Å². The van der Waals surface area contributed by atoms with Gasteiger partial charge in [0.25, 0.3) is 0 Å². The molecule has 0 saturated heterocycles. The van der Waals surface area contributed by atoms with Crippen LogP contribution in [0.2, 0.25) is 0 Å². The second kappa shape index (κ2) is 6.16. The van der Waals surface area contributed by atoms with Gasteiger partial charge in [-0.05, 0) is 51.8 Å². The molecule has 0 amide bonds. The Morgan fingerprint density at radius 3 is 2.61 bits per heavy atom. The van der Waals surface area contributed by atoms with Crippen LogP contribution in [0.1, 0.15) is 16.5 Å². The average molecular weight is 391 g/mol. The summed E-state index contributed by atoms with van der Waals surface area (Å²) in [5, 5.41) is 0. The highest BCUT2D eigenvalue weighted by Crippen LogP contribution is 2.30. The van der Waals surface area contributed by atoms with Crippen LogP contribution in [-0.2, 0) is 6.42 Å². The van der Waals surface area contributed by atoms with Crippen LogP contribution in [0.15, 0.2) is 38.6 Å². The quantitative estimate of drug-likeness (QED) is 0.424. The van der Waals surface area contributed by atoms with E-state index >= 15 is 0 Å². The predicted octanol–water partition coefficient (Wildman–Crippen LogP) is 3.60. The third kappa shape index (κ3) is 3.33. The zero-order valence-corrected chi connectivity index (χ0v) is 13.5. The molecule has 2 rings (SSSR count). The van der Waals surface area contributed by atoms with E-state index in [1.165, 1.54) is 4.88 Å². The standard InChI is InChI=1S/C12H13Br2N3S/c13-7-1-3-10(15)9(5-7)11(17-16)6-8-2-4-12(14)18-8/h1-5,11,17H,6,15-16H2. The van der Waals surface area contributed by atoms with Crippen molar-refractivity contribution in [3.8, 4) is 0 Å². The van der Waals surface area contributed by atoms with E-state index < -0.39 is 0 Å². The predicted molar refractivity (Wildman–Crippen MR) is 84.3 cm³/mol. The van der Waals surface area contributed by atoms with Crippen LogP contribution in [0.3, 0.4) is 0 Å². The molecule has 0 aliphatic heterocycles. The number of nitrogen functional groups attached to an aromatic ring is 1. The Morgan fingerprint density at radius 1 is 1.22 bits per heavy atom. The molecule has 1 atom stereocenters. The minimum atomic E-state index is 0.00745. The van der Waals surface area contributed by atoms with E-state index in [1.54, 1.807) is 11.3 Å². The number of nitrogens with one attached hydrogen (secondary N) is 1. The lowest BCUT2D eigenvalue weighted by atomic mass is 10.0. The van der Waals surface area contributed by atoms with Crippen molar-refractivity contribution >= 4 is 48.9 Å². The maximum atomic E-state index is 6.00. The fraction of sp³-hybridized carbons (Fsp3) is 0.167. The van der Waals surface area contributed by atoms with Crippen molar-refractivity contribution in [1.29, 1.82) is 0 Å². The monoisotopic (exact) mass is 389 g/mol. The number of halogens is 2. The highest BCUT2D eigenvalue weighted by Gasteiger charge is 2.15. The number of hydrazine groups is 1. The van der Waals surface area contributed by atoms with Crippen molar-refractivity contribution in [3.63, 3.8) is 0 Å². The molecule has 3 nitrogen and oxygen atoms in total. The van der Waals surface area contributed by atoms with Gasteiger partial charge in [0.15, 0.2) is 0 Å². The fourth-order valence-electron chi connectivity index (χ4n) is 1.77. The van der Waals surface area contributed by atoms with Crippen LogP contribution < -0.4 is 17.0 Å². The summed E-state index contributed by atoms with van der Waals surface area (Å²) in [6.07, 6.45) is 0.813. The Kier molecular flexibility index (Phi) is 4.80. The third-order valence-corrected chi connectivity index (χ3v) is 4.80. The topological polar surface area (TPSA) is 64.1 Å². The molecule has 1 heterocycles. The number of nitrogens with two attached hydrogens (primary N) is 2. The number of rotatable bonds is 4. The lowest BCUT2D eigenvalue weighted by molar-refractivity contribution is 0.557. The summed E-state index contributed by atoms with van der Waals surface area (Å²) in [6, 6.07) is 9.95. The normalized spacial score (nSPS) is 12.6. The van der Waals surface area contributed by atoms with Gasteiger partial charge in [-0.15, -0.1) is 11.3 Å². The molecule has 0 spiro atoms. The molecule has 96 valence electrons. The molecule has 1 aromatic carbocycles. The Morgan fingerprint density at radius 2 is 2.00 bits per heavy atom. The summed E-state index contributed by atoms with van der Waals surface area (Å²) in [4.78, 5) is 1.25. The first-order valence-corrected chi connectivity index (χ1v) is 7.75. The molecule has 0 bridgehead atoms. The maximum Gasteiger partial charge on any atom is 0.0701 e. The van der Waals surface area contributed by atoms with Crippen molar-refractivity contribution in [2.75, 3.05) is 5.73 Å². The first-order valence-electron chi connectivity index (χ1n) is 5.35. The van der Waals surface area contributed by atoms with Crippen molar-refractivity contribution in [3.05, 3.63) is 49.0 Å². The fourth-order valence-corrected chi connectivity index (χ4v) is 3.68. The van der Waals surface area contributed by atoms with Gasteiger partial charge in [-0.3, -0.25) is 11.3 Å². The molecular weight excluding hydrogens is 378 g/mol. The molecular formula is C12H13Br2N3S. The zero-order valence-electron chi connectivity index (χ0n) is 9.49. The summed E-state index contributed by atoms with van der Waals surface area (Å²) in [5.41, 5.74) is 10.6. The molecule has 0 aliphatic carbocycles. The van der Waals surface area contributed by atoms with Gasteiger partial charge in [0.1, 0.15) is 0 Å². The molecule has 1 aromatic heterocycles. The van der Waals surface area contributed by atoms with Gasteiger partial charge in [0.2, 0.25) is 0 Å². The average Bonchev–Trinajstić information content (AvgIpc) is 2.75. The molecule has 1 unspecified atom stereocenters. The smallest absolute Gasteiger partial charge is 0.0701 e. The van der Waals surface area contributed by atoms with Crippen LogP contribution in [0, 0.1) is 0 Å². The molecule has 0 fully saturated rings. The van der Waals surface area contributed by atoms with Crippen molar-refractivity contribution in [2.45, 2.75) is 12.5 Å². The summed E-state index contributed by atoms with van der Waals surface area (Å²) in [6.45, 7) is 0. The summed E-state index contributed by atoms with van der Waals surface area (Å²) >= 11 is 8.62.